The molecule has 0 radical (unpaired) electrons. The number of esters is 1. The van der Waals surface area contributed by atoms with E-state index in [1.165, 1.54) is 6.08 Å². The van der Waals surface area contributed by atoms with Crippen LogP contribution in [0.3, 0.4) is 0 Å². The Morgan fingerprint density at radius 3 is 2.72 bits per heavy atom. The summed E-state index contributed by atoms with van der Waals surface area (Å²) in [6.45, 7) is 4.39. The van der Waals surface area contributed by atoms with Crippen LogP contribution in [0, 0.1) is 5.92 Å². The van der Waals surface area contributed by atoms with Crippen molar-refractivity contribution >= 4 is 11.7 Å². The van der Waals surface area contributed by atoms with Crippen LogP contribution in [-0.4, -0.2) is 17.0 Å². The maximum absolute atomic E-state index is 12.0. The molecule has 5 nitrogen and oxygen atoms in total. The van der Waals surface area contributed by atoms with Gasteiger partial charge in [0.2, 0.25) is 0 Å². The maximum Gasteiger partial charge on any atom is 0.330 e. The van der Waals surface area contributed by atoms with E-state index in [1.807, 2.05) is 49.4 Å². The van der Waals surface area contributed by atoms with Crippen LogP contribution >= 0.6 is 0 Å². The fourth-order valence-electron chi connectivity index (χ4n) is 3.11. The van der Waals surface area contributed by atoms with Crippen molar-refractivity contribution in [1.82, 2.24) is 4.98 Å². The summed E-state index contributed by atoms with van der Waals surface area (Å²) in [5, 5.41) is 3.25. The highest BCUT2D eigenvalue weighted by molar-refractivity contribution is 5.82. The normalized spacial score (nSPS) is 22.2. The summed E-state index contributed by atoms with van der Waals surface area (Å²) in [6.07, 6.45) is 4.95. The number of hydrogen-bond donors (Lipinski definition) is 2. The molecule has 3 atom stereocenters. The second-order valence-electron chi connectivity index (χ2n) is 6.41. The minimum absolute atomic E-state index is 0.0159. The average molecular weight is 338 g/mol. The molecule has 1 aromatic heterocycles. The molecule has 0 amide bonds. The quantitative estimate of drug-likeness (QED) is 0.663. The second-order valence-corrected chi connectivity index (χ2v) is 6.41. The van der Waals surface area contributed by atoms with Gasteiger partial charge in [0, 0.05) is 24.2 Å². The fraction of sp³-hybridized carbons (Fsp3) is 0.300. The van der Waals surface area contributed by atoms with E-state index >= 15 is 0 Å². The van der Waals surface area contributed by atoms with E-state index in [4.69, 9.17) is 4.74 Å². The number of benzene rings is 1. The van der Waals surface area contributed by atoms with Crippen LogP contribution < -0.4 is 10.9 Å². The van der Waals surface area contributed by atoms with Gasteiger partial charge in [-0.15, -0.1) is 0 Å². The molecule has 2 unspecified atom stereocenters. The predicted octanol–water partition coefficient (Wildman–Crippen LogP) is 3.21. The van der Waals surface area contributed by atoms with Crippen LogP contribution in [0.4, 0.5) is 5.69 Å². The van der Waals surface area contributed by atoms with Gasteiger partial charge in [0.05, 0.1) is 0 Å². The number of nitrogens with one attached hydrogen (secondary N) is 2. The topological polar surface area (TPSA) is 71.2 Å². The van der Waals surface area contributed by atoms with Gasteiger partial charge in [0.25, 0.3) is 5.56 Å². The second kappa shape index (κ2) is 7.38. The summed E-state index contributed by atoms with van der Waals surface area (Å²) in [4.78, 5) is 26.7. The summed E-state index contributed by atoms with van der Waals surface area (Å²) < 4.78 is 5.28. The number of rotatable bonds is 4. The molecule has 5 heteroatoms. The molecule has 0 bridgehead atoms. The average Bonchev–Trinajstić information content (AvgIpc) is 2.62. The largest absolute Gasteiger partial charge is 0.458 e. The number of aromatic nitrogens is 1. The lowest BCUT2D eigenvalue weighted by Crippen LogP contribution is -2.36. The van der Waals surface area contributed by atoms with Crippen LogP contribution in [0.5, 0.6) is 0 Å². The van der Waals surface area contributed by atoms with Crippen molar-refractivity contribution in [1.29, 1.82) is 0 Å². The first-order valence-electron chi connectivity index (χ1n) is 8.43. The summed E-state index contributed by atoms with van der Waals surface area (Å²) in [5.74, 6) is -0.154. The molecule has 0 saturated heterocycles. The Labute approximate surface area is 146 Å². The van der Waals surface area contributed by atoms with Gasteiger partial charge in [0.15, 0.2) is 0 Å². The van der Waals surface area contributed by atoms with E-state index in [1.54, 1.807) is 6.20 Å². The van der Waals surface area contributed by atoms with E-state index < -0.39 is 0 Å². The van der Waals surface area contributed by atoms with Gasteiger partial charge in [-0.1, -0.05) is 43.3 Å². The first-order chi connectivity index (χ1) is 12.1. The third kappa shape index (κ3) is 3.82. The van der Waals surface area contributed by atoms with Gasteiger partial charge >= 0.3 is 5.97 Å². The molecule has 0 saturated carbocycles. The monoisotopic (exact) mass is 338 g/mol. The van der Waals surface area contributed by atoms with Gasteiger partial charge in [-0.2, -0.15) is 0 Å². The van der Waals surface area contributed by atoms with Gasteiger partial charge in [0.1, 0.15) is 12.3 Å². The molecule has 1 aliphatic heterocycles. The van der Waals surface area contributed by atoms with Gasteiger partial charge < -0.3 is 15.0 Å². The Morgan fingerprint density at radius 2 is 1.96 bits per heavy atom. The molecule has 0 aliphatic carbocycles. The highest BCUT2D eigenvalue weighted by Crippen LogP contribution is 2.37. The zero-order valence-electron chi connectivity index (χ0n) is 14.4. The van der Waals surface area contributed by atoms with Crippen molar-refractivity contribution in [3.8, 4) is 0 Å². The summed E-state index contributed by atoms with van der Waals surface area (Å²) >= 11 is 0. The van der Waals surface area contributed by atoms with Crippen molar-refractivity contribution in [2.75, 3.05) is 5.32 Å². The highest BCUT2D eigenvalue weighted by Gasteiger charge is 2.31. The van der Waals surface area contributed by atoms with E-state index in [9.17, 15) is 9.59 Å². The number of hydrogen-bond acceptors (Lipinski definition) is 4. The number of fused-ring (bicyclic) bond motifs is 1. The highest BCUT2D eigenvalue weighted by atomic mass is 16.5. The third-order valence-electron chi connectivity index (χ3n) is 4.74. The Morgan fingerprint density at radius 1 is 1.20 bits per heavy atom. The lowest BCUT2D eigenvalue weighted by molar-refractivity contribution is -0.139. The zero-order valence-corrected chi connectivity index (χ0v) is 14.4. The molecule has 1 aliphatic rings. The van der Waals surface area contributed by atoms with E-state index in [-0.39, 0.29) is 36.0 Å². The number of allylic oxidation sites excluding steroid dienone is 1. The molecule has 0 spiro atoms. The third-order valence-corrected chi connectivity index (χ3v) is 4.74. The Bertz CT molecular complexity index is 826. The van der Waals surface area contributed by atoms with Gasteiger partial charge in [-0.3, -0.25) is 4.79 Å². The lowest BCUT2D eigenvalue weighted by atomic mass is 9.79. The van der Waals surface area contributed by atoms with Crippen molar-refractivity contribution in [2.24, 2.45) is 5.92 Å². The minimum atomic E-state index is -0.381. The first-order valence-corrected chi connectivity index (χ1v) is 8.43. The number of carbonyl (C=O) groups excluding carboxylic acids is 1. The van der Waals surface area contributed by atoms with E-state index in [0.717, 1.165) is 11.1 Å². The van der Waals surface area contributed by atoms with Crippen LogP contribution in [0.1, 0.15) is 30.9 Å². The smallest absolute Gasteiger partial charge is 0.330 e. The number of aromatic amines is 1. The van der Waals surface area contributed by atoms with Crippen LogP contribution in [0.25, 0.3) is 0 Å². The Balaban J connectivity index is 1.73. The van der Waals surface area contributed by atoms with Crippen molar-refractivity contribution in [3.05, 3.63) is 76.2 Å². The SMILES string of the molecule is CC1C(/C=C\C(=O)OCc2ccccc2)c2cc[nH]c(=O)c2N[C@H]1C. The number of H-pyrrole nitrogens is 1. The lowest BCUT2D eigenvalue weighted by Gasteiger charge is -2.35. The van der Waals surface area contributed by atoms with Crippen LogP contribution in [-0.2, 0) is 16.1 Å². The molecule has 2 aromatic rings. The van der Waals surface area contributed by atoms with E-state index in [0.29, 0.717) is 5.69 Å². The molecule has 2 heterocycles. The molecule has 3 rings (SSSR count). The van der Waals surface area contributed by atoms with Crippen molar-refractivity contribution in [2.45, 2.75) is 32.4 Å². The number of carbonyl (C=O) groups is 1. The maximum atomic E-state index is 12.0. The van der Waals surface area contributed by atoms with Crippen LogP contribution in [0.15, 0.2) is 59.5 Å². The van der Waals surface area contributed by atoms with Crippen molar-refractivity contribution in [3.63, 3.8) is 0 Å². The summed E-state index contributed by atoms with van der Waals surface area (Å²) in [7, 11) is 0. The van der Waals surface area contributed by atoms with Gasteiger partial charge in [-0.05, 0) is 30.0 Å². The molecular weight excluding hydrogens is 316 g/mol. The fourth-order valence-corrected chi connectivity index (χ4v) is 3.11. The zero-order chi connectivity index (χ0) is 17.8. The first kappa shape index (κ1) is 17.0. The molecule has 1 aromatic carbocycles. The van der Waals surface area contributed by atoms with Gasteiger partial charge in [-0.25, -0.2) is 4.79 Å². The molecular formula is C20H22N2O3. The number of anilines is 1. The molecule has 130 valence electrons. The Hall–Kier alpha value is -2.82. The standard InChI is InChI=1S/C20H22N2O3/c1-13-14(2)22-19-17(10-11-21-20(19)24)16(13)8-9-18(23)25-12-15-6-4-3-5-7-15/h3-11,13-14,16,22H,12H2,1-2H3,(H,21,24)/b9-8-/t13?,14-,16?/m0/s1. The van der Waals surface area contributed by atoms with E-state index in [2.05, 4.69) is 17.2 Å². The predicted molar refractivity (Wildman–Crippen MR) is 97.4 cm³/mol. The summed E-state index contributed by atoms with van der Waals surface area (Å²) in [5.41, 5.74) is 2.30. The Kier molecular flexibility index (Phi) is 5.03. The number of ether oxygens (including phenoxy) is 1. The molecule has 0 fully saturated rings. The minimum Gasteiger partial charge on any atom is -0.458 e. The summed E-state index contributed by atoms with van der Waals surface area (Å²) in [6, 6.07) is 11.6. The van der Waals surface area contributed by atoms with Crippen molar-refractivity contribution < 1.29 is 9.53 Å². The van der Waals surface area contributed by atoms with Crippen LogP contribution in [0.2, 0.25) is 0 Å². The molecule has 25 heavy (non-hydrogen) atoms. The number of pyridine rings is 1. The molecule has 2 N–H and O–H groups in total.